The van der Waals surface area contributed by atoms with E-state index in [9.17, 15) is 19.2 Å². The lowest BCUT2D eigenvalue weighted by atomic mass is 10.0. The highest BCUT2D eigenvalue weighted by Crippen LogP contribution is 2.55. The summed E-state index contributed by atoms with van der Waals surface area (Å²) in [5, 5.41) is -3.90. The molecule has 0 saturated heterocycles. The van der Waals surface area contributed by atoms with Gasteiger partial charge in [-0.2, -0.15) is 0 Å². The third-order valence-corrected chi connectivity index (χ3v) is 21.3. The minimum atomic E-state index is -1.64. The van der Waals surface area contributed by atoms with Gasteiger partial charge in [0.15, 0.2) is 69.8 Å². The number of aryl methyl sites for hydroxylation is 4. The Hall–Kier alpha value is -16.3. The smallest absolute Gasteiger partial charge is 0.338 e. The molecule has 0 radical (unpaired) electrons. The molecule has 3 aromatic heterocycles. The average Bonchev–Trinajstić information content (AvgIpc) is 1.56. The number of nitrogens with one attached hydrogen (secondary N) is 2. The van der Waals surface area contributed by atoms with Gasteiger partial charge >= 0.3 is 23.9 Å². The van der Waals surface area contributed by atoms with Crippen LogP contribution in [0.5, 0.6) is 92.0 Å². The summed E-state index contributed by atoms with van der Waals surface area (Å²) in [5.74, 6) is -29.4. The van der Waals surface area contributed by atoms with Crippen molar-refractivity contribution in [2.45, 2.75) is 81.1 Å². The van der Waals surface area contributed by atoms with Crippen molar-refractivity contribution in [1.82, 2.24) is 39.9 Å². The number of aromatic amines is 2. The number of H-pyrrole nitrogens is 2. The Bertz CT molecular complexity index is 7000. The van der Waals surface area contributed by atoms with E-state index >= 15 is 35.1 Å². The molecule has 24 nitrogen and oxygen atoms in total. The molecule has 132 heavy (non-hydrogen) atoms. The molecular weight excluding hydrogens is 1720 g/mol. The molecule has 0 amide bonds. The first-order valence-electron chi connectivity index (χ1n) is 41.9. The number of hydrogen-bond acceptors (Lipinski definition) is 22. The number of carbonyl (C=O) groups is 4. The summed E-state index contributed by atoms with van der Waals surface area (Å²) in [6, 6.07) is 44.7. The number of fused-ring (bicyclic) bond motifs is 20. The first-order chi connectivity index (χ1) is 64.0. The summed E-state index contributed by atoms with van der Waals surface area (Å²) < 4.78 is 227. The minimum Gasteiger partial charge on any atom is -0.462 e. The van der Waals surface area contributed by atoms with Crippen LogP contribution >= 0.6 is 0 Å². The van der Waals surface area contributed by atoms with E-state index in [4.69, 9.17) is 76.8 Å². The molecule has 666 valence electrons. The predicted octanol–water partition coefficient (Wildman–Crippen LogP) is 25.3. The zero-order chi connectivity index (χ0) is 92.4. The van der Waals surface area contributed by atoms with Gasteiger partial charge in [0.25, 0.3) is 0 Å². The Morgan fingerprint density at radius 1 is 0.227 bits per heavy atom. The molecule has 12 aromatic carbocycles. The maximum absolute atomic E-state index is 19.5. The summed E-state index contributed by atoms with van der Waals surface area (Å²) >= 11 is 0. The van der Waals surface area contributed by atoms with Crippen molar-refractivity contribution in [2.24, 2.45) is 0 Å². The average molecular weight is 1800 g/mol. The maximum Gasteiger partial charge on any atom is 0.338 e. The maximum atomic E-state index is 19.5. The molecule has 0 aliphatic carbocycles. The van der Waals surface area contributed by atoms with Crippen LogP contribution in [-0.2, 0) is 44.6 Å². The number of carbonyl (C=O) groups excluding carboxylic acids is 4. The lowest BCUT2D eigenvalue weighted by Gasteiger charge is -2.17. The standard InChI is InChI=1S/C100H74F8N8O16/c1-9-49-17-33-57(34-18-49)125-81-73(101)65-67(75(103)83(81)127-59-37-21-51(11-3)22-38-59)91-110-89(65)109-90-66-68(76(104)84(128-60-39-23-52(12-4)24-40-60)82(74(66)102)126-58-35-19-50(10-2)20-36-58)92(111-90)113-94-70-72(80(108)88(132-64-47-31-56(32-48-64)100(120)124-16-8)86(78(70)106)130-62-43-27-54(28-44-62)98(118)122-14-6)96(115-94)116-95-71-69(93(112-91)114-95)77(105)85(129-61-41-25-53(26-42-61)97(117)121-13-5)87(79(71)107)131-63-45-29-55(30-46-63)99(119)123-15-7/h17-48H,9-16H2,1-8H3,(H2,109,110,111,112,113,114,115,116). The van der Waals surface area contributed by atoms with Crippen molar-refractivity contribution in [1.29, 1.82) is 0 Å². The van der Waals surface area contributed by atoms with Crippen LogP contribution in [0, 0.1) is 46.5 Å². The van der Waals surface area contributed by atoms with Crippen LogP contribution < -0.4 is 37.9 Å². The van der Waals surface area contributed by atoms with Crippen LogP contribution in [0.15, 0.2) is 194 Å². The molecule has 8 bridgehead atoms. The number of esters is 4. The highest BCUT2D eigenvalue weighted by Gasteiger charge is 2.41. The van der Waals surface area contributed by atoms with Crippen molar-refractivity contribution in [3.8, 4) is 138 Å². The van der Waals surface area contributed by atoms with Crippen LogP contribution in [0.3, 0.4) is 0 Å². The van der Waals surface area contributed by atoms with Gasteiger partial charge in [0.05, 0.1) is 92.5 Å². The fraction of sp³-hybridized carbons (Fsp3) is 0.160. The number of hydrogen-bond donors (Lipinski definition) is 2. The Kier molecular flexibility index (Phi) is 24.7. The summed E-state index contributed by atoms with van der Waals surface area (Å²) in [4.78, 5) is 86.0. The second kappa shape index (κ2) is 37.2. The fourth-order valence-electron chi connectivity index (χ4n) is 14.6. The van der Waals surface area contributed by atoms with E-state index in [1.54, 1.807) is 76.2 Å². The molecule has 2 N–H and O–H groups in total. The topological polar surface area (TPSA) is 288 Å². The quantitative estimate of drug-likeness (QED) is 0.0262. The third-order valence-electron chi connectivity index (χ3n) is 21.3. The minimum absolute atomic E-state index is 0.00765. The number of ether oxygens (including phenoxy) is 12. The van der Waals surface area contributed by atoms with Crippen LogP contribution in [0.2, 0.25) is 0 Å². The van der Waals surface area contributed by atoms with Crippen molar-refractivity contribution in [3.63, 3.8) is 0 Å². The zero-order valence-electron chi connectivity index (χ0n) is 71.4. The van der Waals surface area contributed by atoms with E-state index in [0.29, 0.717) is 25.7 Å². The number of rotatable bonds is 28. The van der Waals surface area contributed by atoms with Gasteiger partial charge < -0.3 is 66.8 Å². The molecular formula is C100H74F8N8O16. The predicted molar refractivity (Wildman–Crippen MR) is 469 cm³/mol. The summed E-state index contributed by atoms with van der Waals surface area (Å²) in [5.41, 5.74) is -4.46. The fourth-order valence-corrected chi connectivity index (χ4v) is 14.6. The van der Waals surface area contributed by atoms with Gasteiger partial charge in [-0.25, -0.2) is 84.2 Å². The Labute approximate surface area is 745 Å². The van der Waals surface area contributed by atoms with Gasteiger partial charge in [0.2, 0.25) is 46.0 Å². The monoisotopic (exact) mass is 1790 g/mol. The molecule has 0 atom stereocenters. The van der Waals surface area contributed by atoms with E-state index in [1.807, 2.05) is 27.7 Å². The van der Waals surface area contributed by atoms with Gasteiger partial charge in [-0.3, -0.25) is 0 Å². The number of benzene rings is 12. The molecule has 17 rings (SSSR count). The van der Waals surface area contributed by atoms with E-state index in [2.05, 4.69) is 19.9 Å². The SMILES string of the molecule is CCOC(=O)c1ccc(Oc2c(F)c3c(c(F)c2Oc2ccc(C(=O)OCC)cc2)-c2nc-3nc3[nH]c(nc4nc(nc5[nH]c(n2)c2c(F)c(Oc6ccc(C(=O)OCC)cc6)c(Oc6ccc(C(=O)OCC)cc6)c(F)c52)-c2c(F)c(Oc5ccc(CC)cc5)c(Oc5ccc(CC)cc5)c(F)c2-4)c2c(F)c(Oc4ccc(CC)cc4)c(Oc4ccc(CC)cc4)c(F)c32)cc1. The number of aromatic nitrogens is 8. The molecule has 0 spiro atoms. The Balaban J connectivity index is 1.04. The molecule has 2 aliphatic rings. The molecule has 2 aliphatic heterocycles. The van der Waals surface area contributed by atoms with Gasteiger partial charge in [0, 0.05) is 0 Å². The molecule has 32 heteroatoms. The van der Waals surface area contributed by atoms with Crippen LogP contribution in [-0.4, -0.2) is 90.2 Å². The van der Waals surface area contributed by atoms with Crippen LogP contribution in [0.1, 0.15) is 119 Å². The summed E-state index contributed by atoms with van der Waals surface area (Å²) in [7, 11) is 0. The number of nitrogens with zero attached hydrogens (tertiary/aromatic N) is 6. The van der Waals surface area contributed by atoms with Crippen LogP contribution in [0.25, 0.3) is 89.7 Å². The zero-order valence-corrected chi connectivity index (χ0v) is 71.4. The highest BCUT2D eigenvalue weighted by atomic mass is 19.2. The summed E-state index contributed by atoms with van der Waals surface area (Å²) in [6.45, 7) is 13.7. The second-order valence-corrected chi connectivity index (χ2v) is 29.5. The van der Waals surface area contributed by atoms with E-state index in [0.717, 1.165) is 22.3 Å². The first-order valence-corrected chi connectivity index (χ1v) is 41.9. The van der Waals surface area contributed by atoms with E-state index in [1.165, 1.54) is 146 Å². The van der Waals surface area contributed by atoms with Crippen molar-refractivity contribution < 1.29 is 111 Å². The third kappa shape index (κ3) is 17.0. The first kappa shape index (κ1) is 87.8. The Morgan fingerprint density at radius 3 is 0.545 bits per heavy atom. The largest absolute Gasteiger partial charge is 0.462 e. The molecule has 5 heterocycles. The molecule has 15 aromatic rings. The lowest BCUT2D eigenvalue weighted by molar-refractivity contribution is 0.0516. The normalized spacial score (nSPS) is 11.4. The number of halogens is 8. The van der Waals surface area contributed by atoms with Crippen molar-refractivity contribution >= 4 is 68.0 Å². The van der Waals surface area contributed by atoms with E-state index < -0.39 is 206 Å². The second-order valence-electron chi connectivity index (χ2n) is 29.5. The highest BCUT2D eigenvalue weighted by molar-refractivity contribution is 6.10. The van der Waals surface area contributed by atoms with Gasteiger partial charge in [0.1, 0.15) is 68.6 Å². The Morgan fingerprint density at radius 2 is 0.386 bits per heavy atom. The van der Waals surface area contributed by atoms with Gasteiger partial charge in [-0.1, -0.05) is 76.2 Å². The van der Waals surface area contributed by atoms with Crippen LogP contribution in [0.4, 0.5) is 35.1 Å². The van der Waals surface area contributed by atoms with Gasteiger partial charge in [-0.05, 0) is 221 Å². The van der Waals surface area contributed by atoms with E-state index in [-0.39, 0.29) is 94.7 Å². The molecule has 0 unspecified atom stereocenters. The molecule has 0 fully saturated rings. The van der Waals surface area contributed by atoms with Gasteiger partial charge in [-0.15, -0.1) is 0 Å². The van der Waals surface area contributed by atoms with Crippen molar-refractivity contribution in [3.05, 3.63) is 285 Å². The summed E-state index contributed by atoms with van der Waals surface area (Å²) in [6.07, 6.45) is 2.18. The lowest BCUT2D eigenvalue weighted by Crippen LogP contribution is -2.05. The molecule has 0 saturated carbocycles. The van der Waals surface area contributed by atoms with Crippen molar-refractivity contribution in [2.75, 3.05) is 26.4 Å².